The van der Waals surface area contributed by atoms with Crippen LogP contribution in [0.5, 0.6) is 0 Å². The topological polar surface area (TPSA) is 66.8 Å². The highest BCUT2D eigenvalue weighted by Gasteiger charge is 2.44. The number of carbonyl (C=O) groups is 1. The maximum Gasteiger partial charge on any atom is 0.306 e. The van der Waals surface area contributed by atoms with E-state index in [9.17, 15) is 9.90 Å². The van der Waals surface area contributed by atoms with Crippen molar-refractivity contribution in [3.63, 3.8) is 0 Å². The highest BCUT2D eigenvalue weighted by molar-refractivity contribution is 5.68. The Balaban J connectivity index is 2.58. The molecule has 12 heavy (non-hydrogen) atoms. The van der Waals surface area contributed by atoms with Gasteiger partial charge in [0.15, 0.2) is 0 Å². The number of aliphatic hydroxyl groups is 1. The Morgan fingerprint density at radius 2 is 2.17 bits per heavy atom. The highest BCUT2D eigenvalue weighted by atomic mass is 16.5. The van der Waals surface area contributed by atoms with Gasteiger partial charge in [-0.3, -0.25) is 4.79 Å². The van der Waals surface area contributed by atoms with Crippen LogP contribution < -0.4 is 0 Å². The van der Waals surface area contributed by atoms with E-state index in [4.69, 9.17) is 9.84 Å². The van der Waals surface area contributed by atoms with Crippen LogP contribution in [0.2, 0.25) is 0 Å². The summed E-state index contributed by atoms with van der Waals surface area (Å²) in [5, 5.41) is 18.2. The molecule has 0 bridgehead atoms. The Kier molecular flexibility index (Phi) is 2.14. The summed E-state index contributed by atoms with van der Waals surface area (Å²) >= 11 is 0. The largest absolute Gasteiger partial charge is 0.481 e. The van der Waals surface area contributed by atoms with E-state index in [0.29, 0.717) is 6.42 Å². The van der Waals surface area contributed by atoms with E-state index < -0.39 is 17.2 Å². The number of carboxylic acids is 1. The Hall–Kier alpha value is -0.610. The highest BCUT2D eigenvalue weighted by Crippen LogP contribution is 2.34. The second-order valence-electron chi connectivity index (χ2n) is 4.02. The zero-order chi connectivity index (χ0) is 9.41. The third kappa shape index (κ3) is 2.19. The summed E-state index contributed by atoms with van der Waals surface area (Å²) in [4.78, 5) is 10.4. The SMILES string of the molecule is CC1(C)C[C@@](O)(CC(=O)O)CO1. The van der Waals surface area contributed by atoms with E-state index >= 15 is 0 Å². The van der Waals surface area contributed by atoms with Crippen molar-refractivity contribution in [3.05, 3.63) is 0 Å². The molecule has 0 radical (unpaired) electrons. The van der Waals surface area contributed by atoms with Crippen LogP contribution in [0.15, 0.2) is 0 Å². The number of ether oxygens (including phenoxy) is 1. The summed E-state index contributed by atoms with van der Waals surface area (Å²) < 4.78 is 5.24. The molecule has 2 N–H and O–H groups in total. The minimum absolute atomic E-state index is 0.117. The van der Waals surface area contributed by atoms with Crippen molar-refractivity contribution in [1.29, 1.82) is 0 Å². The summed E-state index contributed by atoms with van der Waals surface area (Å²) in [7, 11) is 0. The third-order valence-corrected chi connectivity index (χ3v) is 1.97. The van der Waals surface area contributed by atoms with Crippen molar-refractivity contribution in [1.82, 2.24) is 0 Å². The predicted molar refractivity (Wildman–Crippen MR) is 41.9 cm³/mol. The lowest BCUT2D eigenvalue weighted by Crippen LogP contribution is -2.33. The monoisotopic (exact) mass is 174 g/mol. The molecule has 0 spiro atoms. The van der Waals surface area contributed by atoms with Gasteiger partial charge in [-0.15, -0.1) is 0 Å². The predicted octanol–water partition coefficient (Wildman–Crippen LogP) is 0.391. The number of hydrogen-bond donors (Lipinski definition) is 2. The van der Waals surface area contributed by atoms with Crippen molar-refractivity contribution in [3.8, 4) is 0 Å². The van der Waals surface area contributed by atoms with E-state index in [1.165, 1.54) is 0 Å². The van der Waals surface area contributed by atoms with E-state index in [2.05, 4.69) is 0 Å². The molecule has 0 aliphatic carbocycles. The number of hydrogen-bond acceptors (Lipinski definition) is 3. The fraction of sp³-hybridized carbons (Fsp3) is 0.875. The second kappa shape index (κ2) is 2.71. The lowest BCUT2D eigenvalue weighted by molar-refractivity contribution is -0.142. The first-order valence-electron chi connectivity index (χ1n) is 3.91. The second-order valence-corrected chi connectivity index (χ2v) is 4.02. The normalized spacial score (nSPS) is 33.6. The van der Waals surface area contributed by atoms with Crippen molar-refractivity contribution in [2.24, 2.45) is 0 Å². The molecular formula is C8H14O4. The quantitative estimate of drug-likeness (QED) is 0.635. The minimum atomic E-state index is -1.17. The van der Waals surface area contributed by atoms with Gasteiger partial charge in [0.25, 0.3) is 0 Å². The standard InChI is InChI=1S/C8H14O4/c1-7(2)4-8(11,5-12-7)3-6(9)10/h11H,3-5H2,1-2H3,(H,9,10)/t8-/m0/s1. The van der Waals surface area contributed by atoms with Gasteiger partial charge < -0.3 is 14.9 Å². The fourth-order valence-corrected chi connectivity index (χ4v) is 1.62. The summed E-state index contributed by atoms with van der Waals surface area (Å²) in [6.45, 7) is 3.80. The van der Waals surface area contributed by atoms with Gasteiger partial charge in [-0.2, -0.15) is 0 Å². The van der Waals surface area contributed by atoms with Crippen molar-refractivity contribution in [2.45, 2.75) is 37.9 Å². The first-order valence-corrected chi connectivity index (χ1v) is 3.91. The molecule has 0 aromatic carbocycles. The molecule has 1 fully saturated rings. The maximum absolute atomic E-state index is 10.4. The van der Waals surface area contributed by atoms with Gasteiger partial charge >= 0.3 is 5.97 Å². The molecule has 0 aromatic heterocycles. The average Bonchev–Trinajstić information content (AvgIpc) is 2.03. The lowest BCUT2D eigenvalue weighted by Gasteiger charge is -2.20. The van der Waals surface area contributed by atoms with Gasteiger partial charge in [-0.1, -0.05) is 0 Å². The van der Waals surface area contributed by atoms with Gasteiger partial charge in [0.2, 0.25) is 0 Å². The van der Waals surface area contributed by atoms with Crippen LogP contribution in [-0.4, -0.2) is 34.0 Å². The zero-order valence-electron chi connectivity index (χ0n) is 7.33. The Labute approximate surface area is 71.2 Å². The number of aliphatic carboxylic acids is 1. The Morgan fingerprint density at radius 3 is 2.50 bits per heavy atom. The molecule has 0 saturated carbocycles. The maximum atomic E-state index is 10.4. The van der Waals surface area contributed by atoms with Gasteiger partial charge in [0.1, 0.15) is 5.60 Å². The van der Waals surface area contributed by atoms with Gasteiger partial charge in [-0.25, -0.2) is 0 Å². The van der Waals surface area contributed by atoms with Crippen molar-refractivity contribution < 1.29 is 19.7 Å². The van der Waals surface area contributed by atoms with Crippen LogP contribution in [0, 0.1) is 0 Å². The molecular weight excluding hydrogens is 160 g/mol. The van der Waals surface area contributed by atoms with E-state index in [0.717, 1.165) is 0 Å². The van der Waals surface area contributed by atoms with E-state index in [1.54, 1.807) is 0 Å². The molecule has 70 valence electrons. The van der Waals surface area contributed by atoms with Crippen LogP contribution >= 0.6 is 0 Å². The van der Waals surface area contributed by atoms with Crippen LogP contribution in [-0.2, 0) is 9.53 Å². The first-order chi connectivity index (χ1) is 5.33. The molecule has 1 aliphatic heterocycles. The van der Waals surface area contributed by atoms with E-state index in [1.807, 2.05) is 13.8 Å². The molecule has 0 unspecified atom stereocenters. The average molecular weight is 174 g/mol. The smallest absolute Gasteiger partial charge is 0.306 e. The van der Waals surface area contributed by atoms with Crippen LogP contribution in [0.1, 0.15) is 26.7 Å². The Morgan fingerprint density at radius 1 is 1.58 bits per heavy atom. The molecule has 1 rings (SSSR count). The molecule has 1 saturated heterocycles. The third-order valence-electron chi connectivity index (χ3n) is 1.97. The molecule has 1 heterocycles. The molecule has 4 nitrogen and oxygen atoms in total. The summed E-state index contributed by atoms with van der Waals surface area (Å²) in [6.07, 6.45) is 0.142. The van der Waals surface area contributed by atoms with Crippen molar-refractivity contribution >= 4 is 5.97 Å². The van der Waals surface area contributed by atoms with Gasteiger partial charge in [0, 0.05) is 6.42 Å². The summed E-state index contributed by atoms with van der Waals surface area (Å²) in [5.74, 6) is -0.987. The molecule has 0 aromatic rings. The van der Waals surface area contributed by atoms with E-state index in [-0.39, 0.29) is 13.0 Å². The molecule has 1 atom stereocenters. The lowest BCUT2D eigenvalue weighted by atomic mass is 9.91. The van der Waals surface area contributed by atoms with Crippen LogP contribution in [0.25, 0.3) is 0 Å². The molecule has 4 heteroatoms. The summed E-state index contributed by atoms with van der Waals surface area (Å²) in [6, 6.07) is 0. The van der Waals surface area contributed by atoms with Gasteiger partial charge in [-0.05, 0) is 13.8 Å². The van der Waals surface area contributed by atoms with Gasteiger partial charge in [0.05, 0.1) is 18.6 Å². The Bertz CT molecular complexity index is 199. The summed E-state index contributed by atoms with van der Waals surface area (Å²) in [5.41, 5.74) is -1.57. The number of rotatable bonds is 2. The van der Waals surface area contributed by atoms with Crippen LogP contribution in [0.4, 0.5) is 0 Å². The minimum Gasteiger partial charge on any atom is -0.481 e. The number of carboxylic acid groups (broad SMARTS) is 1. The molecule has 0 amide bonds. The molecule has 1 aliphatic rings. The first kappa shape index (κ1) is 9.48. The fourth-order valence-electron chi connectivity index (χ4n) is 1.62. The van der Waals surface area contributed by atoms with Crippen molar-refractivity contribution in [2.75, 3.05) is 6.61 Å². The van der Waals surface area contributed by atoms with Crippen LogP contribution in [0.3, 0.4) is 0 Å². The zero-order valence-corrected chi connectivity index (χ0v) is 7.33.